The van der Waals surface area contributed by atoms with Gasteiger partial charge >= 0.3 is 0 Å². The van der Waals surface area contributed by atoms with E-state index >= 15 is 0 Å². The van der Waals surface area contributed by atoms with E-state index < -0.39 is 0 Å². The zero-order valence-corrected chi connectivity index (χ0v) is 9.33. The Hall–Kier alpha value is -0.820. The van der Waals surface area contributed by atoms with E-state index in [4.69, 9.17) is 5.11 Å². The number of aryl methyl sites for hydroxylation is 1. The van der Waals surface area contributed by atoms with Gasteiger partial charge in [-0.05, 0) is 30.7 Å². The lowest BCUT2D eigenvalue weighted by Gasteiger charge is -2.21. The molecule has 0 aromatic heterocycles. The summed E-state index contributed by atoms with van der Waals surface area (Å²) in [6.45, 7) is 6.67. The molecule has 2 atom stereocenters. The minimum Gasteiger partial charge on any atom is -0.396 e. The van der Waals surface area contributed by atoms with Crippen LogP contribution < -0.4 is 0 Å². The van der Waals surface area contributed by atoms with E-state index in [9.17, 15) is 0 Å². The highest BCUT2D eigenvalue weighted by Gasteiger charge is 2.16. The van der Waals surface area contributed by atoms with Crippen LogP contribution >= 0.6 is 0 Å². The molecule has 1 nitrogen and oxygen atoms in total. The van der Waals surface area contributed by atoms with E-state index in [-0.39, 0.29) is 6.61 Å². The van der Waals surface area contributed by atoms with E-state index in [2.05, 4.69) is 45.0 Å². The molecule has 78 valence electrons. The number of hydrogen-bond acceptors (Lipinski definition) is 1. The van der Waals surface area contributed by atoms with Gasteiger partial charge in [-0.25, -0.2) is 0 Å². The van der Waals surface area contributed by atoms with Crippen LogP contribution in [0.3, 0.4) is 0 Å². The molecule has 1 aromatic carbocycles. The van der Waals surface area contributed by atoms with E-state index in [1.165, 1.54) is 11.1 Å². The Morgan fingerprint density at radius 2 is 2.07 bits per heavy atom. The molecule has 14 heavy (non-hydrogen) atoms. The molecular weight excluding hydrogens is 172 g/mol. The zero-order valence-electron chi connectivity index (χ0n) is 9.33. The van der Waals surface area contributed by atoms with Gasteiger partial charge in [0.1, 0.15) is 0 Å². The molecule has 0 heterocycles. The quantitative estimate of drug-likeness (QED) is 0.777. The van der Waals surface area contributed by atoms with Crippen molar-refractivity contribution < 1.29 is 5.11 Å². The third-order valence-electron chi connectivity index (χ3n) is 2.88. The third-order valence-corrected chi connectivity index (χ3v) is 2.88. The Balaban J connectivity index is 2.89. The fraction of sp³-hybridized carbons (Fsp3) is 0.538. The lowest BCUT2D eigenvalue weighted by Crippen LogP contribution is -2.12. The molecule has 0 unspecified atom stereocenters. The Morgan fingerprint density at radius 1 is 1.36 bits per heavy atom. The molecule has 0 aliphatic carbocycles. The molecule has 0 fully saturated rings. The summed E-state index contributed by atoms with van der Waals surface area (Å²) < 4.78 is 0. The first-order chi connectivity index (χ1) is 6.69. The Labute approximate surface area is 86.8 Å². The van der Waals surface area contributed by atoms with Crippen molar-refractivity contribution in [2.45, 2.75) is 33.1 Å². The van der Waals surface area contributed by atoms with Crippen molar-refractivity contribution in [2.75, 3.05) is 6.61 Å². The minimum absolute atomic E-state index is 0.270. The van der Waals surface area contributed by atoms with E-state index in [1.54, 1.807) is 0 Å². The molecule has 0 aliphatic heterocycles. The molecule has 1 N–H and O–H groups in total. The monoisotopic (exact) mass is 192 g/mol. The lowest BCUT2D eigenvalue weighted by molar-refractivity contribution is 0.213. The van der Waals surface area contributed by atoms with Crippen LogP contribution in [0, 0.1) is 12.8 Å². The van der Waals surface area contributed by atoms with Gasteiger partial charge in [0, 0.05) is 6.61 Å². The second kappa shape index (κ2) is 5.16. The molecule has 1 rings (SSSR count). The number of hydrogen-bond donors (Lipinski definition) is 1. The summed E-state index contributed by atoms with van der Waals surface area (Å²) in [5.41, 5.74) is 2.65. The average molecular weight is 192 g/mol. The summed E-state index contributed by atoms with van der Waals surface area (Å²) >= 11 is 0. The largest absolute Gasteiger partial charge is 0.396 e. The first-order valence-electron chi connectivity index (χ1n) is 5.36. The van der Waals surface area contributed by atoms with Crippen LogP contribution in [0.2, 0.25) is 0 Å². The summed E-state index contributed by atoms with van der Waals surface area (Å²) in [4.78, 5) is 0. The molecule has 0 bridgehead atoms. The average Bonchev–Trinajstić information content (AvgIpc) is 2.19. The van der Waals surface area contributed by atoms with Crippen molar-refractivity contribution in [3.8, 4) is 0 Å². The van der Waals surface area contributed by atoms with Gasteiger partial charge in [0.25, 0.3) is 0 Å². The Bertz CT molecular complexity index is 280. The maximum atomic E-state index is 9.17. The van der Waals surface area contributed by atoms with Crippen LogP contribution in [0.1, 0.15) is 37.3 Å². The van der Waals surface area contributed by atoms with Crippen molar-refractivity contribution in [1.29, 1.82) is 0 Å². The molecule has 0 aliphatic rings. The van der Waals surface area contributed by atoms with Gasteiger partial charge in [0.15, 0.2) is 0 Å². The van der Waals surface area contributed by atoms with Gasteiger partial charge in [-0.2, -0.15) is 0 Å². The summed E-state index contributed by atoms with van der Waals surface area (Å²) in [5.74, 6) is 0.835. The van der Waals surface area contributed by atoms with Crippen molar-refractivity contribution in [3.63, 3.8) is 0 Å². The SMILES string of the molecule is CC[C@@H](c1cccc(C)c1)[C@@H](C)CO. The Kier molecular flexibility index (Phi) is 4.15. The lowest BCUT2D eigenvalue weighted by atomic mass is 9.85. The van der Waals surface area contributed by atoms with Gasteiger partial charge in [-0.1, -0.05) is 43.7 Å². The minimum atomic E-state index is 0.270. The predicted molar refractivity (Wildman–Crippen MR) is 60.5 cm³/mol. The number of benzene rings is 1. The highest BCUT2D eigenvalue weighted by molar-refractivity contribution is 5.25. The van der Waals surface area contributed by atoms with Crippen LogP contribution in [0.5, 0.6) is 0 Å². The summed E-state index contributed by atoms with van der Waals surface area (Å²) in [6.07, 6.45) is 1.09. The second-order valence-electron chi connectivity index (χ2n) is 4.09. The normalized spacial score (nSPS) is 15.1. The highest BCUT2D eigenvalue weighted by Crippen LogP contribution is 2.27. The third kappa shape index (κ3) is 2.58. The zero-order chi connectivity index (χ0) is 10.6. The number of rotatable bonds is 4. The first-order valence-corrected chi connectivity index (χ1v) is 5.36. The second-order valence-corrected chi connectivity index (χ2v) is 4.09. The fourth-order valence-electron chi connectivity index (χ4n) is 1.99. The smallest absolute Gasteiger partial charge is 0.0462 e. The maximum absolute atomic E-state index is 9.17. The van der Waals surface area contributed by atoms with E-state index in [1.807, 2.05) is 0 Å². The Morgan fingerprint density at radius 3 is 2.57 bits per heavy atom. The summed E-state index contributed by atoms with van der Waals surface area (Å²) in [7, 11) is 0. The molecular formula is C13H20O. The molecule has 0 saturated heterocycles. The molecule has 1 aromatic rings. The van der Waals surface area contributed by atoms with Crippen LogP contribution in [0.4, 0.5) is 0 Å². The van der Waals surface area contributed by atoms with Crippen molar-refractivity contribution >= 4 is 0 Å². The van der Waals surface area contributed by atoms with Gasteiger partial charge in [0.05, 0.1) is 0 Å². The van der Waals surface area contributed by atoms with Crippen molar-refractivity contribution in [1.82, 2.24) is 0 Å². The summed E-state index contributed by atoms with van der Waals surface area (Å²) in [5, 5.41) is 9.17. The molecule has 0 spiro atoms. The van der Waals surface area contributed by atoms with Gasteiger partial charge in [-0.3, -0.25) is 0 Å². The topological polar surface area (TPSA) is 20.2 Å². The molecule has 1 heteroatoms. The van der Waals surface area contributed by atoms with Gasteiger partial charge in [0.2, 0.25) is 0 Å². The molecule has 0 radical (unpaired) electrons. The number of aliphatic hydroxyl groups excluding tert-OH is 1. The van der Waals surface area contributed by atoms with Crippen molar-refractivity contribution in [3.05, 3.63) is 35.4 Å². The van der Waals surface area contributed by atoms with Crippen LogP contribution in [0.25, 0.3) is 0 Å². The van der Waals surface area contributed by atoms with Crippen LogP contribution in [-0.4, -0.2) is 11.7 Å². The van der Waals surface area contributed by atoms with Crippen molar-refractivity contribution in [2.24, 2.45) is 5.92 Å². The summed E-state index contributed by atoms with van der Waals surface area (Å²) in [6, 6.07) is 8.59. The number of aliphatic hydroxyl groups is 1. The van der Waals surface area contributed by atoms with Crippen LogP contribution in [-0.2, 0) is 0 Å². The fourth-order valence-corrected chi connectivity index (χ4v) is 1.99. The van der Waals surface area contributed by atoms with Gasteiger partial charge < -0.3 is 5.11 Å². The van der Waals surface area contributed by atoms with Gasteiger partial charge in [-0.15, -0.1) is 0 Å². The van der Waals surface area contributed by atoms with E-state index in [0.717, 1.165) is 6.42 Å². The highest BCUT2D eigenvalue weighted by atomic mass is 16.3. The van der Waals surface area contributed by atoms with Crippen LogP contribution in [0.15, 0.2) is 24.3 Å². The van der Waals surface area contributed by atoms with E-state index in [0.29, 0.717) is 11.8 Å². The first kappa shape index (κ1) is 11.3. The standard InChI is InChI=1S/C13H20O/c1-4-13(11(3)9-14)12-7-5-6-10(2)8-12/h5-8,11,13-14H,4,9H2,1-3H3/t11-,13+/m0/s1. The molecule has 0 amide bonds. The molecule has 0 saturated carbocycles. The maximum Gasteiger partial charge on any atom is 0.0462 e. The predicted octanol–water partition coefficient (Wildman–Crippen LogP) is 3.12.